The predicted molar refractivity (Wildman–Crippen MR) is 138 cm³/mol. The highest BCUT2D eigenvalue weighted by Crippen LogP contribution is 2.39. The zero-order chi connectivity index (χ0) is 26.6. The number of piperidine rings is 1. The first-order valence-corrected chi connectivity index (χ1v) is 12.9. The average Bonchev–Trinajstić information content (AvgIpc) is 3.60. The summed E-state index contributed by atoms with van der Waals surface area (Å²) in [5.41, 5.74) is 1.74. The summed E-state index contributed by atoms with van der Waals surface area (Å²) in [6, 6.07) is 5.36. The lowest BCUT2D eigenvalue weighted by atomic mass is 9.88. The number of aliphatic hydroxyl groups is 1. The molecule has 2 amide bonds. The molecule has 0 spiro atoms. The van der Waals surface area contributed by atoms with Crippen LogP contribution in [0.4, 0.5) is 15.8 Å². The molecular weight excluding hydrogens is 491 g/mol. The zero-order valence-electron chi connectivity index (χ0n) is 21.4. The van der Waals surface area contributed by atoms with Gasteiger partial charge < -0.3 is 25.0 Å². The molecule has 0 aliphatic carbocycles. The molecule has 3 atom stereocenters. The number of nitrogens with zero attached hydrogens (tertiary/aromatic N) is 5. The summed E-state index contributed by atoms with van der Waals surface area (Å²) in [5.74, 6) is 0.266. The molecule has 3 aliphatic heterocycles. The van der Waals surface area contributed by atoms with Crippen molar-refractivity contribution in [3.05, 3.63) is 53.5 Å². The van der Waals surface area contributed by atoms with Gasteiger partial charge >= 0.3 is 0 Å². The number of ether oxygens (including phenoxy) is 1. The predicted octanol–water partition coefficient (Wildman–Crippen LogP) is 2.52. The van der Waals surface area contributed by atoms with Gasteiger partial charge in [0.05, 0.1) is 36.3 Å². The lowest BCUT2D eigenvalue weighted by Gasteiger charge is -2.36. The molecule has 2 saturated heterocycles. The maximum atomic E-state index is 14.7. The van der Waals surface area contributed by atoms with Crippen molar-refractivity contribution in [1.29, 1.82) is 0 Å². The van der Waals surface area contributed by atoms with Gasteiger partial charge in [-0.1, -0.05) is 0 Å². The van der Waals surface area contributed by atoms with Crippen LogP contribution >= 0.6 is 0 Å². The summed E-state index contributed by atoms with van der Waals surface area (Å²) in [7, 11) is 0. The monoisotopic (exact) mass is 522 g/mol. The summed E-state index contributed by atoms with van der Waals surface area (Å²) in [6.45, 7) is 5.76. The van der Waals surface area contributed by atoms with Crippen LogP contribution in [0.3, 0.4) is 0 Å². The Labute approximate surface area is 219 Å². The van der Waals surface area contributed by atoms with E-state index in [0.717, 1.165) is 31.8 Å². The van der Waals surface area contributed by atoms with Gasteiger partial charge in [-0.3, -0.25) is 9.59 Å². The Balaban J connectivity index is 1.33. The number of carbonyl (C=O) groups is 2. The molecule has 3 aliphatic rings. The Morgan fingerprint density at radius 1 is 1.32 bits per heavy atom. The molecule has 2 fully saturated rings. The van der Waals surface area contributed by atoms with E-state index in [1.165, 1.54) is 29.5 Å². The number of aromatic nitrogens is 3. The van der Waals surface area contributed by atoms with E-state index in [0.29, 0.717) is 46.5 Å². The molecule has 0 bridgehead atoms. The van der Waals surface area contributed by atoms with E-state index in [2.05, 4.69) is 20.3 Å². The number of hydrogen-bond donors (Lipinski definition) is 2. The van der Waals surface area contributed by atoms with Gasteiger partial charge in [-0.15, -0.1) is 0 Å². The van der Waals surface area contributed by atoms with Crippen LogP contribution in [0.5, 0.6) is 0 Å². The van der Waals surface area contributed by atoms with Crippen LogP contribution in [0.1, 0.15) is 46.5 Å². The van der Waals surface area contributed by atoms with Gasteiger partial charge in [0.15, 0.2) is 5.65 Å². The van der Waals surface area contributed by atoms with E-state index in [4.69, 9.17) is 4.74 Å². The third kappa shape index (κ3) is 4.39. The summed E-state index contributed by atoms with van der Waals surface area (Å²) in [5, 5.41) is 17.3. The molecule has 2 N–H and O–H groups in total. The van der Waals surface area contributed by atoms with E-state index >= 15 is 0 Å². The molecule has 6 rings (SSSR count). The molecule has 11 heteroatoms. The summed E-state index contributed by atoms with van der Waals surface area (Å²) < 4.78 is 21.9. The quantitative estimate of drug-likeness (QED) is 0.512. The Kier molecular flexibility index (Phi) is 6.07. The maximum Gasteiger partial charge on any atom is 0.261 e. The van der Waals surface area contributed by atoms with Crippen molar-refractivity contribution < 1.29 is 23.8 Å². The van der Waals surface area contributed by atoms with Gasteiger partial charge in [0.1, 0.15) is 11.7 Å². The fourth-order valence-corrected chi connectivity index (χ4v) is 5.59. The smallest absolute Gasteiger partial charge is 0.261 e. The van der Waals surface area contributed by atoms with Crippen LogP contribution in [-0.2, 0) is 11.3 Å². The standard InChI is InChI=1S/C27H31FN6O4/c1-27(2,37)23(28)13-33-11-17-8-21(31-25(35)20-10-30-34-6-3-5-29-24(20)34)22(9-19(17)26(33)36)32-7-4-16-14-38-15-18(16)12-32/h3,5-6,8-10,16,18,23,37H,4,7,11-15H2,1-2H3,(H,31,35)/t16?,18?,23-/m1/s1. The van der Waals surface area contributed by atoms with Crippen LogP contribution in [-0.4, -0.2) is 81.0 Å². The maximum absolute atomic E-state index is 14.7. The van der Waals surface area contributed by atoms with Gasteiger partial charge in [-0.05, 0) is 49.9 Å². The van der Waals surface area contributed by atoms with Crippen LogP contribution < -0.4 is 10.2 Å². The minimum absolute atomic E-state index is 0.199. The number of nitrogens with one attached hydrogen (secondary N) is 1. The Hall–Kier alpha value is -3.57. The highest BCUT2D eigenvalue weighted by Gasteiger charge is 2.38. The summed E-state index contributed by atoms with van der Waals surface area (Å²) >= 11 is 0. The third-order valence-electron chi connectivity index (χ3n) is 7.92. The minimum atomic E-state index is -1.59. The number of carbonyl (C=O) groups excluding carboxylic acids is 2. The normalized spacial score (nSPS) is 22.1. The molecule has 200 valence electrons. The molecule has 2 aromatic heterocycles. The Bertz CT molecular complexity index is 1400. The second-order valence-corrected chi connectivity index (χ2v) is 11.0. The van der Waals surface area contributed by atoms with Crippen molar-refractivity contribution >= 4 is 28.8 Å². The Morgan fingerprint density at radius 2 is 2.13 bits per heavy atom. The van der Waals surface area contributed by atoms with Gasteiger partial charge in [-0.25, -0.2) is 13.9 Å². The number of hydrogen-bond acceptors (Lipinski definition) is 7. The van der Waals surface area contributed by atoms with E-state index in [-0.39, 0.29) is 24.9 Å². The number of halogens is 1. The highest BCUT2D eigenvalue weighted by molar-refractivity contribution is 6.10. The zero-order valence-corrected chi connectivity index (χ0v) is 21.4. The van der Waals surface area contributed by atoms with Crippen LogP contribution in [0, 0.1) is 11.8 Å². The van der Waals surface area contributed by atoms with Crippen molar-refractivity contribution in [2.75, 3.05) is 43.1 Å². The second kappa shape index (κ2) is 9.32. The number of alkyl halides is 1. The molecule has 38 heavy (non-hydrogen) atoms. The van der Waals surface area contributed by atoms with Crippen LogP contribution in [0.2, 0.25) is 0 Å². The largest absolute Gasteiger partial charge is 0.387 e. The summed E-state index contributed by atoms with van der Waals surface area (Å²) in [6.07, 6.45) is 4.18. The number of anilines is 2. The third-order valence-corrected chi connectivity index (χ3v) is 7.92. The van der Waals surface area contributed by atoms with E-state index in [9.17, 15) is 19.1 Å². The molecule has 5 heterocycles. The van der Waals surface area contributed by atoms with Crippen molar-refractivity contribution in [2.24, 2.45) is 11.8 Å². The topological polar surface area (TPSA) is 112 Å². The van der Waals surface area contributed by atoms with Crippen molar-refractivity contribution in [2.45, 2.75) is 38.6 Å². The fourth-order valence-electron chi connectivity index (χ4n) is 5.59. The first-order chi connectivity index (χ1) is 18.2. The van der Waals surface area contributed by atoms with E-state index in [1.807, 2.05) is 12.1 Å². The van der Waals surface area contributed by atoms with Crippen molar-refractivity contribution in [3.8, 4) is 0 Å². The van der Waals surface area contributed by atoms with Crippen LogP contribution in [0.25, 0.3) is 5.65 Å². The average molecular weight is 523 g/mol. The van der Waals surface area contributed by atoms with Crippen molar-refractivity contribution in [1.82, 2.24) is 19.5 Å². The summed E-state index contributed by atoms with van der Waals surface area (Å²) in [4.78, 5) is 34.6. The van der Waals surface area contributed by atoms with E-state index in [1.54, 1.807) is 18.5 Å². The molecule has 0 radical (unpaired) electrons. The van der Waals surface area contributed by atoms with Gasteiger partial charge in [0.2, 0.25) is 0 Å². The number of benzene rings is 1. The first kappa shape index (κ1) is 24.7. The van der Waals surface area contributed by atoms with Gasteiger partial charge in [0, 0.05) is 50.1 Å². The highest BCUT2D eigenvalue weighted by atomic mass is 19.1. The number of rotatable bonds is 6. The lowest BCUT2D eigenvalue weighted by molar-refractivity contribution is -0.0159. The molecular formula is C27H31FN6O4. The lowest BCUT2D eigenvalue weighted by Crippen LogP contribution is -2.42. The van der Waals surface area contributed by atoms with Crippen LogP contribution in [0.15, 0.2) is 36.8 Å². The SMILES string of the molecule is CC(C)(O)[C@H](F)CN1Cc2cc(NC(=O)c3cnn4cccnc34)c(N3CCC4COCC4C3)cc2C1=O. The number of amides is 2. The second-order valence-electron chi connectivity index (χ2n) is 11.0. The van der Waals surface area contributed by atoms with Crippen molar-refractivity contribution in [3.63, 3.8) is 0 Å². The minimum Gasteiger partial charge on any atom is -0.387 e. The molecule has 3 aromatic rings. The number of fused-ring (bicyclic) bond motifs is 3. The molecule has 0 saturated carbocycles. The molecule has 2 unspecified atom stereocenters. The first-order valence-electron chi connectivity index (χ1n) is 12.9. The molecule has 1 aromatic carbocycles. The van der Waals surface area contributed by atoms with E-state index < -0.39 is 11.8 Å². The Morgan fingerprint density at radius 3 is 2.95 bits per heavy atom. The van der Waals surface area contributed by atoms with Gasteiger partial charge in [-0.2, -0.15) is 5.10 Å². The molecule has 10 nitrogen and oxygen atoms in total. The van der Waals surface area contributed by atoms with Gasteiger partial charge in [0.25, 0.3) is 11.8 Å². The fraction of sp³-hybridized carbons (Fsp3) is 0.481.